The number of methoxy groups -OCH3 is 1. The molecule has 0 radical (unpaired) electrons. The summed E-state index contributed by atoms with van der Waals surface area (Å²) in [6.45, 7) is 4.72. The van der Waals surface area contributed by atoms with Crippen LogP contribution in [0.25, 0.3) is 0 Å². The Hall–Kier alpha value is -1.88. The smallest absolute Gasteiger partial charge is 0.165 e. The molecule has 0 amide bonds. The highest BCUT2D eigenvalue weighted by atomic mass is 19.1. The zero-order valence-electron chi connectivity index (χ0n) is 12.6. The topological polar surface area (TPSA) is 39.1 Å². The van der Waals surface area contributed by atoms with Gasteiger partial charge in [0, 0.05) is 25.7 Å². The average molecular weight is 291 g/mol. The van der Waals surface area contributed by atoms with Crippen molar-refractivity contribution in [2.24, 2.45) is 0 Å². The van der Waals surface area contributed by atoms with Gasteiger partial charge in [0.2, 0.25) is 0 Å². The Bertz CT molecular complexity index is 568. The molecule has 1 N–H and O–H groups in total. The maximum Gasteiger partial charge on any atom is 0.165 e. The van der Waals surface area contributed by atoms with E-state index in [1.807, 2.05) is 16.8 Å². The van der Waals surface area contributed by atoms with E-state index in [1.54, 1.807) is 12.4 Å². The van der Waals surface area contributed by atoms with Gasteiger partial charge in [0.25, 0.3) is 0 Å². The predicted molar refractivity (Wildman–Crippen MR) is 81.1 cm³/mol. The van der Waals surface area contributed by atoms with Gasteiger partial charge >= 0.3 is 0 Å². The summed E-state index contributed by atoms with van der Waals surface area (Å²) in [6.07, 6.45) is 5.84. The lowest BCUT2D eigenvalue weighted by atomic mass is 10.2. The zero-order chi connectivity index (χ0) is 15.1. The monoisotopic (exact) mass is 291 g/mol. The second-order valence-corrected chi connectivity index (χ2v) is 5.01. The molecular weight excluding hydrogens is 269 g/mol. The Kier molecular flexibility index (Phi) is 5.75. The Labute approximate surface area is 125 Å². The molecule has 0 bridgehead atoms. The number of nitrogens with one attached hydrogen (secondary N) is 1. The van der Waals surface area contributed by atoms with E-state index in [0.717, 1.165) is 37.2 Å². The third kappa shape index (κ3) is 4.56. The highest BCUT2D eigenvalue weighted by molar-refractivity contribution is 5.29. The first-order chi connectivity index (χ1) is 10.2. The quantitative estimate of drug-likeness (QED) is 0.760. The first kappa shape index (κ1) is 15.5. The Morgan fingerprint density at radius 2 is 2.19 bits per heavy atom. The van der Waals surface area contributed by atoms with Gasteiger partial charge in [-0.2, -0.15) is 0 Å². The van der Waals surface area contributed by atoms with Gasteiger partial charge in [0.1, 0.15) is 0 Å². The van der Waals surface area contributed by atoms with E-state index < -0.39 is 0 Å². The molecular formula is C16H22FN3O. The normalized spacial score (nSPS) is 10.8. The van der Waals surface area contributed by atoms with Crippen molar-refractivity contribution in [2.45, 2.75) is 26.3 Å². The fraction of sp³-hybridized carbons (Fsp3) is 0.438. The molecule has 2 rings (SSSR count). The Morgan fingerprint density at radius 1 is 1.33 bits per heavy atom. The molecule has 0 aliphatic heterocycles. The zero-order valence-corrected chi connectivity index (χ0v) is 12.6. The lowest BCUT2D eigenvalue weighted by Gasteiger charge is -2.06. The first-order valence-electron chi connectivity index (χ1n) is 7.26. The van der Waals surface area contributed by atoms with Crippen LogP contribution in [0.15, 0.2) is 30.7 Å². The van der Waals surface area contributed by atoms with Gasteiger partial charge in [-0.15, -0.1) is 0 Å². The Balaban J connectivity index is 1.91. The van der Waals surface area contributed by atoms with Gasteiger partial charge in [-0.1, -0.05) is 13.0 Å². The van der Waals surface area contributed by atoms with Crippen molar-refractivity contribution in [3.05, 3.63) is 47.8 Å². The van der Waals surface area contributed by atoms with E-state index in [1.165, 1.54) is 13.2 Å². The highest BCUT2D eigenvalue weighted by Crippen LogP contribution is 2.18. The number of hydrogen-bond donors (Lipinski definition) is 1. The number of hydrogen-bond acceptors (Lipinski definition) is 3. The number of aromatic nitrogens is 2. The van der Waals surface area contributed by atoms with E-state index in [2.05, 4.69) is 17.2 Å². The minimum Gasteiger partial charge on any atom is -0.494 e. The van der Waals surface area contributed by atoms with Crippen LogP contribution < -0.4 is 10.1 Å². The van der Waals surface area contributed by atoms with Gasteiger partial charge in [0.15, 0.2) is 11.6 Å². The maximum atomic E-state index is 13.6. The first-order valence-corrected chi connectivity index (χ1v) is 7.26. The molecule has 1 aromatic carbocycles. The fourth-order valence-corrected chi connectivity index (χ4v) is 2.16. The number of rotatable bonds is 8. The second kappa shape index (κ2) is 7.78. The average Bonchev–Trinajstić information content (AvgIpc) is 2.91. The van der Waals surface area contributed by atoms with Crippen LogP contribution in [0.5, 0.6) is 5.75 Å². The summed E-state index contributed by atoms with van der Waals surface area (Å²) in [5, 5.41) is 3.35. The van der Waals surface area contributed by atoms with Crippen LogP contribution in [0.4, 0.5) is 4.39 Å². The van der Waals surface area contributed by atoms with Crippen molar-refractivity contribution in [1.82, 2.24) is 14.9 Å². The number of benzene rings is 1. The van der Waals surface area contributed by atoms with Crippen LogP contribution >= 0.6 is 0 Å². The van der Waals surface area contributed by atoms with Crippen LogP contribution in [0, 0.1) is 5.82 Å². The van der Waals surface area contributed by atoms with Crippen LogP contribution in [-0.2, 0) is 13.0 Å². The summed E-state index contributed by atoms with van der Waals surface area (Å²) in [6, 6.07) is 5.02. The molecule has 1 aromatic heterocycles. The predicted octanol–water partition coefficient (Wildman–Crippen LogP) is 2.62. The van der Waals surface area contributed by atoms with Crippen molar-refractivity contribution < 1.29 is 9.13 Å². The summed E-state index contributed by atoms with van der Waals surface area (Å²) in [5.74, 6) is -0.0637. The minimum atomic E-state index is -0.334. The molecule has 0 fully saturated rings. The summed E-state index contributed by atoms with van der Waals surface area (Å²) in [5.41, 5.74) is 1.94. The number of ether oxygens (including phenoxy) is 1. The van der Waals surface area contributed by atoms with Crippen LogP contribution in [0.3, 0.4) is 0 Å². The molecule has 0 spiro atoms. The standard InChI is InChI=1S/C16H22FN3O/c1-3-7-18-8-6-14-11-20(12-19-14)10-13-4-5-16(21-2)15(17)9-13/h4-5,9,11-12,18H,3,6-8,10H2,1-2H3. The number of nitrogens with zero attached hydrogens (tertiary/aromatic N) is 2. The summed E-state index contributed by atoms with van der Waals surface area (Å²) in [7, 11) is 1.47. The molecule has 2 aromatic rings. The van der Waals surface area contributed by atoms with E-state index in [-0.39, 0.29) is 11.6 Å². The molecule has 5 heteroatoms. The van der Waals surface area contributed by atoms with Crippen LogP contribution in [-0.4, -0.2) is 29.8 Å². The van der Waals surface area contributed by atoms with Crippen molar-refractivity contribution in [2.75, 3.05) is 20.2 Å². The van der Waals surface area contributed by atoms with Crippen molar-refractivity contribution in [1.29, 1.82) is 0 Å². The molecule has 0 aliphatic carbocycles. The Morgan fingerprint density at radius 3 is 2.90 bits per heavy atom. The van der Waals surface area contributed by atoms with Crippen molar-refractivity contribution >= 4 is 0 Å². The molecule has 0 saturated carbocycles. The second-order valence-electron chi connectivity index (χ2n) is 5.01. The van der Waals surface area contributed by atoms with Crippen LogP contribution in [0.1, 0.15) is 24.6 Å². The van der Waals surface area contributed by atoms with Gasteiger partial charge < -0.3 is 14.6 Å². The van der Waals surface area contributed by atoms with E-state index in [9.17, 15) is 4.39 Å². The number of halogens is 1. The maximum absolute atomic E-state index is 13.6. The SMILES string of the molecule is CCCNCCc1cn(Cc2ccc(OC)c(F)c2)cn1. The highest BCUT2D eigenvalue weighted by Gasteiger charge is 2.05. The molecule has 4 nitrogen and oxygen atoms in total. The summed E-state index contributed by atoms with van der Waals surface area (Å²) >= 11 is 0. The lowest BCUT2D eigenvalue weighted by Crippen LogP contribution is -2.17. The molecule has 0 atom stereocenters. The third-order valence-electron chi connectivity index (χ3n) is 3.25. The van der Waals surface area contributed by atoms with E-state index >= 15 is 0 Å². The van der Waals surface area contributed by atoms with E-state index in [4.69, 9.17) is 4.74 Å². The number of imidazole rings is 1. The largest absolute Gasteiger partial charge is 0.494 e. The molecule has 0 saturated heterocycles. The molecule has 21 heavy (non-hydrogen) atoms. The van der Waals surface area contributed by atoms with Crippen molar-refractivity contribution in [3.8, 4) is 5.75 Å². The van der Waals surface area contributed by atoms with Gasteiger partial charge in [0.05, 0.1) is 19.1 Å². The van der Waals surface area contributed by atoms with Crippen LogP contribution in [0.2, 0.25) is 0 Å². The van der Waals surface area contributed by atoms with Gasteiger partial charge in [-0.3, -0.25) is 0 Å². The van der Waals surface area contributed by atoms with E-state index in [0.29, 0.717) is 6.54 Å². The summed E-state index contributed by atoms with van der Waals surface area (Å²) in [4.78, 5) is 4.37. The van der Waals surface area contributed by atoms with Crippen molar-refractivity contribution in [3.63, 3.8) is 0 Å². The molecule has 0 aliphatic rings. The lowest BCUT2D eigenvalue weighted by molar-refractivity contribution is 0.386. The molecule has 0 unspecified atom stereocenters. The summed E-state index contributed by atoms with van der Waals surface area (Å²) < 4.78 is 20.5. The van der Waals surface area contributed by atoms with Gasteiger partial charge in [-0.25, -0.2) is 9.37 Å². The molecule has 1 heterocycles. The molecule has 114 valence electrons. The fourth-order valence-electron chi connectivity index (χ4n) is 2.16. The van der Waals surface area contributed by atoms with Gasteiger partial charge in [-0.05, 0) is 30.7 Å². The third-order valence-corrected chi connectivity index (χ3v) is 3.25. The minimum absolute atomic E-state index is 0.270.